The number of imidazole rings is 1. The van der Waals surface area contributed by atoms with Crippen LogP contribution in [-0.2, 0) is 13.0 Å². The van der Waals surface area contributed by atoms with Crippen molar-refractivity contribution >= 4 is 11.3 Å². The highest BCUT2D eigenvalue weighted by Crippen LogP contribution is 2.22. The predicted octanol–water partition coefficient (Wildman–Crippen LogP) is 2.70. The van der Waals surface area contributed by atoms with Crippen molar-refractivity contribution in [2.75, 3.05) is 13.1 Å². The molecule has 124 valence electrons. The summed E-state index contributed by atoms with van der Waals surface area (Å²) in [5.74, 6) is 1.43. The van der Waals surface area contributed by atoms with Gasteiger partial charge in [-0.3, -0.25) is 9.88 Å². The van der Waals surface area contributed by atoms with Crippen molar-refractivity contribution in [2.45, 2.75) is 26.3 Å². The van der Waals surface area contributed by atoms with Crippen LogP contribution in [0.2, 0.25) is 0 Å². The number of hydrogen-bond donors (Lipinski definition) is 1. The van der Waals surface area contributed by atoms with Crippen LogP contribution in [0.5, 0.6) is 0 Å². The van der Waals surface area contributed by atoms with E-state index in [1.165, 1.54) is 12.1 Å². The smallest absolute Gasteiger partial charge is 0.157 e. The third-order valence-electron chi connectivity index (χ3n) is 4.39. The predicted molar refractivity (Wildman–Crippen MR) is 93.6 cm³/mol. The Morgan fingerprint density at radius 1 is 1.17 bits per heavy atom. The number of nitrogens with one attached hydrogen (secondary N) is 1. The molecule has 1 aliphatic rings. The van der Waals surface area contributed by atoms with E-state index in [0.29, 0.717) is 5.92 Å². The number of aromatic amines is 1. The molecule has 0 radical (unpaired) electrons. The molecule has 0 aromatic carbocycles. The first-order valence-corrected chi connectivity index (χ1v) is 9.13. The zero-order valence-electron chi connectivity index (χ0n) is 13.6. The molecule has 1 atom stereocenters. The van der Waals surface area contributed by atoms with Gasteiger partial charge in [0.2, 0.25) is 0 Å². The molecule has 6 nitrogen and oxygen atoms in total. The van der Waals surface area contributed by atoms with Gasteiger partial charge in [-0.2, -0.15) is 0 Å². The number of aromatic nitrogens is 5. The Morgan fingerprint density at radius 2 is 2.12 bits per heavy atom. The van der Waals surface area contributed by atoms with E-state index in [-0.39, 0.29) is 0 Å². The van der Waals surface area contributed by atoms with E-state index < -0.39 is 0 Å². The molecular weight excluding hydrogens is 320 g/mol. The molecule has 0 aliphatic carbocycles. The maximum Gasteiger partial charge on any atom is 0.157 e. The lowest BCUT2D eigenvalue weighted by Crippen LogP contribution is -2.20. The minimum atomic E-state index is 0.648. The second kappa shape index (κ2) is 6.78. The molecule has 1 fully saturated rings. The number of likely N-dealkylation sites (tertiary alicyclic amines) is 1. The van der Waals surface area contributed by atoms with Gasteiger partial charge in [0.05, 0.1) is 23.1 Å². The minimum Gasteiger partial charge on any atom is -0.341 e. The third kappa shape index (κ3) is 3.52. The molecule has 1 saturated heterocycles. The van der Waals surface area contributed by atoms with Crippen LogP contribution >= 0.6 is 11.3 Å². The molecule has 3 aromatic rings. The van der Waals surface area contributed by atoms with E-state index in [1.807, 2.05) is 24.8 Å². The van der Waals surface area contributed by atoms with E-state index in [4.69, 9.17) is 0 Å². The van der Waals surface area contributed by atoms with Crippen LogP contribution < -0.4 is 0 Å². The molecule has 4 heterocycles. The van der Waals surface area contributed by atoms with Gasteiger partial charge in [0.1, 0.15) is 5.69 Å². The Labute approximate surface area is 145 Å². The van der Waals surface area contributed by atoms with Gasteiger partial charge in [0, 0.05) is 36.6 Å². The van der Waals surface area contributed by atoms with Gasteiger partial charge in [0.15, 0.2) is 5.82 Å². The van der Waals surface area contributed by atoms with Gasteiger partial charge < -0.3 is 4.98 Å². The molecule has 0 unspecified atom stereocenters. The van der Waals surface area contributed by atoms with Gasteiger partial charge >= 0.3 is 0 Å². The van der Waals surface area contributed by atoms with Crippen LogP contribution in [0.25, 0.3) is 11.5 Å². The molecule has 0 amide bonds. The fourth-order valence-electron chi connectivity index (χ4n) is 3.19. The van der Waals surface area contributed by atoms with Crippen molar-refractivity contribution in [1.82, 2.24) is 29.8 Å². The molecule has 0 bridgehead atoms. The number of thiazole rings is 1. The van der Waals surface area contributed by atoms with Crippen LogP contribution in [0, 0.1) is 12.8 Å². The monoisotopic (exact) mass is 340 g/mol. The van der Waals surface area contributed by atoms with Gasteiger partial charge in [-0.05, 0) is 32.2 Å². The summed E-state index contributed by atoms with van der Waals surface area (Å²) in [4.78, 5) is 23.4. The summed E-state index contributed by atoms with van der Waals surface area (Å²) in [7, 11) is 0. The maximum atomic E-state index is 4.58. The van der Waals surface area contributed by atoms with E-state index in [1.54, 1.807) is 17.5 Å². The Morgan fingerprint density at radius 3 is 2.83 bits per heavy atom. The topological polar surface area (TPSA) is 70.6 Å². The largest absolute Gasteiger partial charge is 0.341 e. The quantitative estimate of drug-likeness (QED) is 0.773. The molecule has 1 aliphatic heterocycles. The van der Waals surface area contributed by atoms with E-state index >= 15 is 0 Å². The summed E-state index contributed by atoms with van der Waals surface area (Å²) < 4.78 is 0. The Kier molecular flexibility index (Phi) is 4.36. The van der Waals surface area contributed by atoms with Crippen LogP contribution in [-0.4, -0.2) is 42.9 Å². The number of H-pyrrole nitrogens is 1. The fourth-order valence-corrected chi connectivity index (χ4v) is 3.74. The van der Waals surface area contributed by atoms with Gasteiger partial charge in [-0.15, -0.1) is 11.3 Å². The number of rotatable bonds is 5. The Balaban J connectivity index is 1.34. The molecule has 0 saturated carbocycles. The highest BCUT2D eigenvalue weighted by atomic mass is 32.1. The maximum absolute atomic E-state index is 4.58. The first-order valence-electron chi connectivity index (χ1n) is 8.18. The minimum absolute atomic E-state index is 0.648. The molecule has 7 heteroatoms. The van der Waals surface area contributed by atoms with Gasteiger partial charge in [-0.25, -0.2) is 15.0 Å². The second-order valence-electron chi connectivity index (χ2n) is 6.38. The van der Waals surface area contributed by atoms with E-state index in [0.717, 1.165) is 49.0 Å². The summed E-state index contributed by atoms with van der Waals surface area (Å²) in [6.45, 7) is 5.19. The average Bonchev–Trinajstić information content (AvgIpc) is 3.32. The Hall–Kier alpha value is -2.12. The van der Waals surface area contributed by atoms with Gasteiger partial charge in [0.25, 0.3) is 0 Å². The molecular formula is C17H20N6S. The zero-order chi connectivity index (χ0) is 16.4. The summed E-state index contributed by atoms with van der Waals surface area (Å²) >= 11 is 1.66. The number of hydrogen-bond acceptors (Lipinski definition) is 6. The van der Waals surface area contributed by atoms with Crippen molar-refractivity contribution in [2.24, 2.45) is 5.92 Å². The van der Waals surface area contributed by atoms with Crippen LogP contribution in [0.1, 0.15) is 23.5 Å². The summed E-state index contributed by atoms with van der Waals surface area (Å²) in [6, 6.07) is 0. The third-order valence-corrected chi connectivity index (χ3v) is 5.02. The van der Waals surface area contributed by atoms with Crippen molar-refractivity contribution < 1.29 is 0 Å². The number of aryl methyl sites for hydroxylation is 1. The molecule has 24 heavy (non-hydrogen) atoms. The lowest BCUT2D eigenvalue weighted by atomic mass is 10.0. The standard InChI is InChI=1S/C17H20N6S/c1-12-5-20-17(22-12)16-7-18-14(6-19-16)4-13-2-3-23(8-13)9-15-10-24-11-21-15/h5-7,10-11,13H,2-4,8-9H2,1H3,(H,20,22)/t13-/m0/s1. The first kappa shape index (κ1) is 15.4. The summed E-state index contributed by atoms with van der Waals surface area (Å²) in [5.41, 5.74) is 5.96. The lowest BCUT2D eigenvalue weighted by molar-refractivity contribution is 0.313. The van der Waals surface area contributed by atoms with Crippen LogP contribution in [0.4, 0.5) is 0 Å². The summed E-state index contributed by atoms with van der Waals surface area (Å²) in [6.07, 6.45) is 7.70. The van der Waals surface area contributed by atoms with E-state index in [9.17, 15) is 0 Å². The zero-order valence-corrected chi connectivity index (χ0v) is 14.5. The highest BCUT2D eigenvalue weighted by Gasteiger charge is 2.23. The van der Waals surface area contributed by atoms with Crippen LogP contribution in [0.3, 0.4) is 0 Å². The van der Waals surface area contributed by atoms with Crippen molar-refractivity contribution in [1.29, 1.82) is 0 Å². The van der Waals surface area contributed by atoms with Crippen molar-refractivity contribution in [3.8, 4) is 11.5 Å². The molecule has 4 rings (SSSR count). The fraction of sp³-hybridized carbons (Fsp3) is 0.412. The van der Waals surface area contributed by atoms with Crippen molar-refractivity contribution in [3.05, 3.63) is 46.6 Å². The summed E-state index contributed by atoms with van der Waals surface area (Å²) in [5, 5.41) is 2.13. The highest BCUT2D eigenvalue weighted by molar-refractivity contribution is 7.07. The normalized spacial score (nSPS) is 18.3. The first-order chi connectivity index (χ1) is 11.8. The number of nitrogens with zero attached hydrogens (tertiary/aromatic N) is 5. The SMILES string of the molecule is Cc1cnc(-c2cnc(C[C@@H]3CCN(Cc4cscn4)C3)cn2)[nH]1. The second-order valence-corrected chi connectivity index (χ2v) is 7.10. The van der Waals surface area contributed by atoms with Crippen LogP contribution in [0.15, 0.2) is 29.5 Å². The Bertz CT molecular complexity index is 780. The van der Waals surface area contributed by atoms with Crippen molar-refractivity contribution in [3.63, 3.8) is 0 Å². The molecule has 1 N–H and O–H groups in total. The molecule has 0 spiro atoms. The molecule has 3 aromatic heterocycles. The average molecular weight is 340 g/mol. The lowest BCUT2D eigenvalue weighted by Gasteiger charge is -2.14. The van der Waals surface area contributed by atoms with E-state index in [2.05, 4.69) is 35.2 Å². The van der Waals surface area contributed by atoms with Gasteiger partial charge in [-0.1, -0.05) is 0 Å².